The molecule has 3 heteroatoms. The van der Waals surface area contributed by atoms with E-state index in [1.54, 1.807) is 12.2 Å². The molecule has 1 aromatic rings. The predicted molar refractivity (Wildman–Crippen MR) is 87.1 cm³/mol. The summed E-state index contributed by atoms with van der Waals surface area (Å²) in [5, 5.41) is 3.00. The Morgan fingerprint density at radius 1 is 1.14 bits per heavy atom. The molecule has 21 heavy (non-hydrogen) atoms. The zero-order valence-corrected chi connectivity index (χ0v) is 13.2. The van der Waals surface area contributed by atoms with Crippen LogP contribution in [0.15, 0.2) is 55.6 Å². The van der Waals surface area contributed by atoms with Crippen molar-refractivity contribution in [3.63, 3.8) is 0 Å². The fourth-order valence-electron chi connectivity index (χ4n) is 2.24. The van der Waals surface area contributed by atoms with Crippen LogP contribution in [0.3, 0.4) is 0 Å². The number of alkyl carbamates (subject to hydrolysis) is 1. The SMILES string of the molecule is C=CCC(CC=C)(NC(=O)OC(C)(C)C)c1ccccc1. The van der Waals surface area contributed by atoms with E-state index in [1.165, 1.54) is 0 Å². The zero-order valence-electron chi connectivity index (χ0n) is 13.2. The van der Waals surface area contributed by atoms with Gasteiger partial charge in [-0.3, -0.25) is 0 Å². The Morgan fingerprint density at radius 2 is 1.67 bits per heavy atom. The zero-order chi connectivity index (χ0) is 15.9. The molecule has 0 saturated carbocycles. The second-order valence-corrected chi connectivity index (χ2v) is 6.06. The van der Waals surface area contributed by atoms with E-state index in [0.717, 1.165) is 5.56 Å². The summed E-state index contributed by atoms with van der Waals surface area (Å²) in [5.74, 6) is 0. The number of hydrogen-bond acceptors (Lipinski definition) is 2. The first kappa shape index (κ1) is 17.0. The summed E-state index contributed by atoms with van der Waals surface area (Å²) < 4.78 is 5.39. The largest absolute Gasteiger partial charge is 0.444 e. The van der Waals surface area contributed by atoms with Gasteiger partial charge < -0.3 is 10.1 Å². The maximum Gasteiger partial charge on any atom is 0.408 e. The third-order valence-electron chi connectivity index (χ3n) is 3.05. The van der Waals surface area contributed by atoms with Crippen molar-refractivity contribution in [2.75, 3.05) is 0 Å². The Labute approximate surface area is 127 Å². The van der Waals surface area contributed by atoms with Crippen molar-refractivity contribution >= 4 is 6.09 Å². The molecule has 0 aliphatic rings. The summed E-state index contributed by atoms with van der Waals surface area (Å²) in [6.45, 7) is 13.2. The van der Waals surface area contributed by atoms with Crippen molar-refractivity contribution in [2.45, 2.75) is 44.8 Å². The number of carbonyl (C=O) groups is 1. The molecule has 0 aliphatic carbocycles. The number of ether oxygens (including phenoxy) is 1. The average molecular weight is 287 g/mol. The lowest BCUT2D eigenvalue weighted by Gasteiger charge is -2.34. The van der Waals surface area contributed by atoms with Crippen LogP contribution < -0.4 is 5.32 Å². The Kier molecular flexibility index (Phi) is 5.77. The van der Waals surface area contributed by atoms with Gasteiger partial charge in [-0.05, 0) is 39.2 Å². The molecule has 1 rings (SSSR count). The van der Waals surface area contributed by atoms with E-state index >= 15 is 0 Å². The Hall–Kier alpha value is -2.03. The molecule has 0 aromatic heterocycles. The molecule has 0 unspecified atom stereocenters. The number of rotatable bonds is 6. The topological polar surface area (TPSA) is 38.3 Å². The summed E-state index contributed by atoms with van der Waals surface area (Å²) in [6, 6.07) is 9.83. The highest BCUT2D eigenvalue weighted by molar-refractivity contribution is 5.69. The smallest absolute Gasteiger partial charge is 0.408 e. The number of benzene rings is 1. The van der Waals surface area contributed by atoms with Crippen LogP contribution in [0.4, 0.5) is 4.79 Å². The molecular formula is C18H25NO2. The van der Waals surface area contributed by atoms with Crippen molar-refractivity contribution in [2.24, 2.45) is 0 Å². The maximum absolute atomic E-state index is 12.2. The maximum atomic E-state index is 12.2. The monoisotopic (exact) mass is 287 g/mol. The van der Waals surface area contributed by atoms with Crippen molar-refractivity contribution in [3.05, 3.63) is 61.2 Å². The molecule has 0 fully saturated rings. The minimum Gasteiger partial charge on any atom is -0.444 e. The third kappa shape index (κ3) is 5.10. The van der Waals surface area contributed by atoms with E-state index in [4.69, 9.17) is 4.74 Å². The van der Waals surface area contributed by atoms with Gasteiger partial charge in [0.25, 0.3) is 0 Å². The van der Waals surface area contributed by atoms with Gasteiger partial charge in [0.1, 0.15) is 5.60 Å². The highest BCUT2D eigenvalue weighted by atomic mass is 16.6. The number of nitrogens with one attached hydrogen (secondary N) is 1. The van der Waals surface area contributed by atoms with Crippen LogP contribution >= 0.6 is 0 Å². The second kappa shape index (κ2) is 7.11. The van der Waals surface area contributed by atoms with E-state index in [1.807, 2.05) is 51.1 Å². The molecule has 0 aliphatic heterocycles. The second-order valence-electron chi connectivity index (χ2n) is 6.06. The number of amides is 1. The van der Waals surface area contributed by atoms with Gasteiger partial charge in [-0.2, -0.15) is 0 Å². The average Bonchev–Trinajstić information content (AvgIpc) is 2.38. The van der Waals surface area contributed by atoms with E-state index in [0.29, 0.717) is 12.8 Å². The van der Waals surface area contributed by atoms with Crippen molar-refractivity contribution in [3.8, 4) is 0 Å². The number of carbonyl (C=O) groups excluding carboxylic acids is 1. The Balaban J connectivity index is 3.09. The van der Waals surface area contributed by atoms with Gasteiger partial charge in [-0.15, -0.1) is 13.2 Å². The van der Waals surface area contributed by atoms with Crippen LogP contribution in [0, 0.1) is 0 Å². The lowest BCUT2D eigenvalue weighted by atomic mass is 9.83. The van der Waals surface area contributed by atoms with Crippen molar-refractivity contribution < 1.29 is 9.53 Å². The van der Waals surface area contributed by atoms with Crippen molar-refractivity contribution in [1.29, 1.82) is 0 Å². The minimum atomic E-state index is -0.576. The molecule has 1 aromatic carbocycles. The highest BCUT2D eigenvalue weighted by Gasteiger charge is 2.33. The molecule has 0 spiro atoms. The molecule has 114 valence electrons. The molecule has 0 radical (unpaired) electrons. The molecule has 0 atom stereocenters. The Bertz CT molecular complexity index is 476. The fourth-order valence-corrected chi connectivity index (χ4v) is 2.24. The molecule has 0 bridgehead atoms. The van der Waals surface area contributed by atoms with Crippen LogP contribution in [0.1, 0.15) is 39.2 Å². The van der Waals surface area contributed by atoms with Crippen LogP contribution in [0.25, 0.3) is 0 Å². The standard InChI is InChI=1S/C18H25NO2/c1-6-13-18(14-7-2,15-11-9-8-10-12-15)19-16(20)21-17(3,4)5/h6-12H,1-2,13-14H2,3-5H3,(H,19,20). The summed E-state index contributed by atoms with van der Waals surface area (Å²) in [6.07, 6.45) is 4.36. The van der Waals surface area contributed by atoms with Gasteiger partial charge in [0.15, 0.2) is 0 Å². The molecule has 0 heterocycles. The lowest BCUT2D eigenvalue weighted by Crippen LogP contribution is -2.47. The molecular weight excluding hydrogens is 262 g/mol. The summed E-state index contributed by atoms with van der Waals surface area (Å²) in [4.78, 5) is 12.2. The fraction of sp³-hybridized carbons (Fsp3) is 0.389. The molecule has 1 amide bonds. The number of hydrogen-bond donors (Lipinski definition) is 1. The minimum absolute atomic E-state index is 0.435. The van der Waals surface area contributed by atoms with E-state index < -0.39 is 17.2 Å². The lowest BCUT2D eigenvalue weighted by molar-refractivity contribution is 0.0453. The summed E-state index contributed by atoms with van der Waals surface area (Å²) in [7, 11) is 0. The van der Waals surface area contributed by atoms with Crippen LogP contribution in [-0.2, 0) is 10.3 Å². The Morgan fingerprint density at radius 3 is 2.10 bits per heavy atom. The van der Waals surface area contributed by atoms with Crippen molar-refractivity contribution in [1.82, 2.24) is 5.32 Å². The quantitative estimate of drug-likeness (QED) is 0.779. The van der Waals surface area contributed by atoms with Crippen LogP contribution in [-0.4, -0.2) is 11.7 Å². The normalized spacial score (nSPS) is 11.6. The van der Waals surface area contributed by atoms with Crippen LogP contribution in [0.5, 0.6) is 0 Å². The van der Waals surface area contributed by atoms with Gasteiger partial charge >= 0.3 is 6.09 Å². The van der Waals surface area contributed by atoms with Gasteiger partial charge in [-0.1, -0.05) is 42.5 Å². The van der Waals surface area contributed by atoms with E-state index in [9.17, 15) is 4.79 Å². The summed E-state index contributed by atoms with van der Waals surface area (Å²) >= 11 is 0. The molecule has 3 nitrogen and oxygen atoms in total. The van der Waals surface area contributed by atoms with Gasteiger partial charge in [0, 0.05) is 0 Å². The first-order valence-corrected chi connectivity index (χ1v) is 7.11. The highest BCUT2D eigenvalue weighted by Crippen LogP contribution is 2.30. The summed E-state index contributed by atoms with van der Waals surface area (Å²) in [5.41, 5.74) is -0.0993. The van der Waals surface area contributed by atoms with Gasteiger partial charge in [0.2, 0.25) is 0 Å². The van der Waals surface area contributed by atoms with Crippen LogP contribution in [0.2, 0.25) is 0 Å². The predicted octanol–water partition coefficient (Wildman–Crippen LogP) is 4.56. The van der Waals surface area contributed by atoms with Gasteiger partial charge in [-0.25, -0.2) is 4.79 Å². The van der Waals surface area contributed by atoms with Gasteiger partial charge in [0.05, 0.1) is 5.54 Å². The third-order valence-corrected chi connectivity index (χ3v) is 3.05. The first-order valence-electron chi connectivity index (χ1n) is 7.11. The molecule has 1 N–H and O–H groups in total. The molecule has 0 saturated heterocycles. The first-order chi connectivity index (χ1) is 9.83. The van der Waals surface area contributed by atoms with E-state index in [2.05, 4.69) is 18.5 Å². The van der Waals surface area contributed by atoms with E-state index in [-0.39, 0.29) is 0 Å².